The van der Waals surface area contributed by atoms with E-state index in [9.17, 15) is 4.21 Å². The van der Waals surface area contributed by atoms with Crippen LogP contribution in [0.15, 0.2) is 35.6 Å². The van der Waals surface area contributed by atoms with E-state index >= 15 is 0 Å². The average Bonchev–Trinajstić information content (AvgIpc) is 3.07. The van der Waals surface area contributed by atoms with Gasteiger partial charge in [0, 0.05) is 47.3 Å². The maximum Gasteiger partial charge on any atom is 0.191 e. The van der Waals surface area contributed by atoms with Gasteiger partial charge in [0.2, 0.25) is 0 Å². The molecule has 2 heterocycles. The van der Waals surface area contributed by atoms with Crippen LogP contribution < -0.4 is 10.6 Å². The first-order valence-corrected chi connectivity index (χ1v) is 10.3. The van der Waals surface area contributed by atoms with E-state index in [1.54, 1.807) is 7.05 Å². The van der Waals surface area contributed by atoms with E-state index < -0.39 is 10.8 Å². The molecule has 136 valence electrons. The van der Waals surface area contributed by atoms with Gasteiger partial charge in [0.25, 0.3) is 0 Å². The lowest BCUT2D eigenvalue weighted by Crippen LogP contribution is -2.46. The van der Waals surface area contributed by atoms with Crippen LogP contribution in [0.5, 0.6) is 0 Å². The fourth-order valence-electron chi connectivity index (χ4n) is 3.39. The van der Waals surface area contributed by atoms with Crippen LogP contribution in [0.3, 0.4) is 0 Å². The Hall–Kier alpha value is -1.89. The Kier molecular flexibility index (Phi) is 6.07. The Labute approximate surface area is 151 Å². The third kappa shape index (κ3) is 4.60. The largest absolute Gasteiger partial charge is 0.354 e. The molecule has 3 rings (SSSR count). The summed E-state index contributed by atoms with van der Waals surface area (Å²) in [7, 11) is 1.07. The summed E-state index contributed by atoms with van der Waals surface area (Å²) >= 11 is 0. The van der Waals surface area contributed by atoms with Crippen molar-refractivity contribution in [1.82, 2.24) is 20.0 Å². The molecule has 2 N–H and O–H groups in total. The fourth-order valence-corrected chi connectivity index (χ4v) is 4.73. The molecule has 1 fully saturated rings. The molecule has 2 aromatic heterocycles. The maximum absolute atomic E-state index is 12.1. The van der Waals surface area contributed by atoms with Gasteiger partial charge in [-0.1, -0.05) is 19.4 Å². The number of aromatic nitrogens is 2. The second-order valence-corrected chi connectivity index (χ2v) is 8.43. The number of guanidine groups is 1. The van der Waals surface area contributed by atoms with Gasteiger partial charge in [0.05, 0.1) is 12.2 Å². The van der Waals surface area contributed by atoms with Gasteiger partial charge in [-0.05, 0) is 31.4 Å². The summed E-state index contributed by atoms with van der Waals surface area (Å²) < 4.78 is 14.1. The number of nitrogens with one attached hydrogen (secondary N) is 2. The summed E-state index contributed by atoms with van der Waals surface area (Å²) in [5.74, 6) is 1.53. The number of pyridine rings is 1. The molecular formula is C18H27N5OS. The molecule has 0 aromatic carbocycles. The van der Waals surface area contributed by atoms with Crippen LogP contribution in [-0.2, 0) is 17.3 Å². The molecule has 25 heavy (non-hydrogen) atoms. The number of fused-ring (bicyclic) bond motifs is 1. The number of hydrogen-bond donors (Lipinski definition) is 2. The predicted molar refractivity (Wildman–Crippen MR) is 103 cm³/mol. The van der Waals surface area contributed by atoms with Crippen molar-refractivity contribution in [3.63, 3.8) is 0 Å². The minimum atomic E-state index is -0.706. The van der Waals surface area contributed by atoms with Crippen molar-refractivity contribution in [3.05, 3.63) is 36.3 Å². The van der Waals surface area contributed by atoms with Gasteiger partial charge in [-0.3, -0.25) is 9.20 Å². The second kappa shape index (κ2) is 8.47. The third-order valence-electron chi connectivity index (χ3n) is 4.70. The Morgan fingerprint density at radius 2 is 2.32 bits per heavy atom. The number of aliphatic imine (C=N–C) groups is 1. The summed E-state index contributed by atoms with van der Waals surface area (Å²) in [5, 5.41) is 7.14. The van der Waals surface area contributed by atoms with Crippen molar-refractivity contribution in [2.24, 2.45) is 4.99 Å². The third-order valence-corrected chi connectivity index (χ3v) is 6.44. The Bertz CT molecular complexity index is 724. The first-order valence-electron chi connectivity index (χ1n) is 8.96. The van der Waals surface area contributed by atoms with Crippen molar-refractivity contribution in [2.75, 3.05) is 12.8 Å². The highest BCUT2D eigenvalue weighted by Gasteiger charge is 2.26. The minimum Gasteiger partial charge on any atom is -0.354 e. The van der Waals surface area contributed by atoms with Gasteiger partial charge in [0.15, 0.2) is 5.96 Å². The van der Waals surface area contributed by atoms with Gasteiger partial charge in [-0.2, -0.15) is 0 Å². The first-order chi connectivity index (χ1) is 12.2. The number of imidazole rings is 1. The van der Waals surface area contributed by atoms with E-state index in [0.717, 1.165) is 48.7 Å². The highest BCUT2D eigenvalue weighted by atomic mass is 32.2. The summed E-state index contributed by atoms with van der Waals surface area (Å²) in [6.07, 6.45) is 8.27. The van der Waals surface area contributed by atoms with Crippen molar-refractivity contribution in [1.29, 1.82) is 0 Å². The second-order valence-electron chi connectivity index (χ2n) is 6.42. The molecule has 3 atom stereocenters. The highest BCUT2D eigenvalue weighted by molar-refractivity contribution is 7.85. The zero-order chi connectivity index (χ0) is 17.6. The van der Waals surface area contributed by atoms with Crippen molar-refractivity contribution in [2.45, 2.75) is 50.4 Å². The van der Waals surface area contributed by atoms with Crippen LogP contribution >= 0.6 is 0 Å². The van der Waals surface area contributed by atoms with Crippen molar-refractivity contribution in [3.8, 4) is 0 Å². The zero-order valence-electron chi connectivity index (χ0n) is 14.9. The molecule has 1 aliphatic rings. The molecule has 6 nitrogen and oxygen atoms in total. The van der Waals surface area contributed by atoms with Crippen LogP contribution in [0.1, 0.15) is 38.3 Å². The summed E-state index contributed by atoms with van der Waals surface area (Å²) in [5.41, 5.74) is 1.92. The molecule has 0 saturated heterocycles. The fraction of sp³-hybridized carbons (Fsp3) is 0.556. The maximum atomic E-state index is 12.1. The summed E-state index contributed by atoms with van der Waals surface area (Å²) in [6, 6.07) is 6.31. The topological polar surface area (TPSA) is 70.8 Å². The van der Waals surface area contributed by atoms with Gasteiger partial charge in [-0.15, -0.1) is 0 Å². The highest BCUT2D eigenvalue weighted by Crippen LogP contribution is 2.22. The van der Waals surface area contributed by atoms with Gasteiger partial charge in [-0.25, -0.2) is 4.98 Å². The number of nitrogens with zero attached hydrogens (tertiary/aromatic N) is 3. The summed E-state index contributed by atoms with van der Waals surface area (Å²) in [6.45, 7) is 2.63. The lowest BCUT2D eigenvalue weighted by Gasteiger charge is -2.30. The van der Waals surface area contributed by atoms with E-state index in [4.69, 9.17) is 0 Å². The monoisotopic (exact) mass is 361 g/mol. The van der Waals surface area contributed by atoms with Crippen LogP contribution in [-0.4, -0.2) is 43.6 Å². The molecule has 7 heteroatoms. The molecule has 0 radical (unpaired) electrons. The van der Waals surface area contributed by atoms with Gasteiger partial charge < -0.3 is 15.0 Å². The molecule has 0 bridgehead atoms. The standard InChI is InChI=1S/C18H27N5OS/c1-3-25(24)16-8-6-7-14(11-16)22-18(19-2)20-12-15-13-23-10-5-4-9-17(23)21-15/h4-5,9-10,13-14,16H,3,6-8,11-12H2,1-2H3,(H2,19,20,22). The van der Waals surface area contributed by atoms with Gasteiger partial charge in [0.1, 0.15) is 5.65 Å². The first kappa shape index (κ1) is 17.9. The number of rotatable bonds is 5. The average molecular weight is 362 g/mol. The van der Waals surface area contributed by atoms with E-state index in [0.29, 0.717) is 17.8 Å². The van der Waals surface area contributed by atoms with E-state index in [2.05, 4.69) is 20.6 Å². The van der Waals surface area contributed by atoms with Crippen LogP contribution in [0.2, 0.25) is 0 Å². The normalized spacial score (nSPS) is 22.7. The Morgan fingerprint density at radius 3 is 3.08 bits per heavy atom. The molecule has 0 aliphatic heterocycles. The Balaban J connectivity index is 1.55. The lowest BCUT2D eigenvalue weighted by atomic mass is 9.95. The molecule has 2 aromatic rings. The molecule has 1 saturated carbocycles. The predicted octanol–water partition coefficient (Wildman–Crippen LogP) is 2.08. The Morgan fingerprint density at radius 1 is 1.44 bits per heavy atom. The molecular weight excluding hydrogens is 334 g/mol. The van der Waals surface area contributed by atoms with Crippen LogP contribution in [0, 0.1) is 0 Å². The molecule has 1 aliphatic carbocycles. The van der Waals surface area contributed by atoms with Crippen molar-refractivity contribution >= 4 is 22.4 Å². The molecule has 0 spiro atoms. The van der Waals surface area contributed by atoms with Crippen molar-refractivity contribution < 1.29 is 4.21 Å². The molecule has 0 amide bonds. The van der Waals surface area contributed by atoms with E-state index in [1.807, 2.05) is 41.9 Å². The SMILES string of the molecule is CCS(=O)C1CCCC(NC(=NC)NCc2cn3ccccc3n2)C1. The zero-order valence-corrected chi connectivity index (χ0v) is 15.8. The minimum absolute atomic E-state index is 0.313. The number of hydrogen-bond acceptors (Lipinski definition) is 3. The molecule has 3 unspecified atom stereocenters. The smallest absolute Gasteiger partial charge is 0.191 e. The summed E-state index contributed by atoms with van der Waals surface area (Å²) in [4.78, 5) is 8.91. The van der Waals surface area contributed by atoms with Crippen LogP contribution in [0.4, 0.5) is 0 Å². The lowest BCUT2D eigenvalue weighted by molar-refractivity contribution is 0.413. The van der Waals surface area contributed by atoms with Crippen LogP contribution in [0.25, 0.3) is 5.65 Å². The van der Waals surface area contributed by atoms with E-state index in [1.165, 1.54) is 0 Å². The van der Waals surface area contributed by atoms with E-state index in [-0.39, 0.29) is 0 Å². The quantitative estimate of drug-likeness (QED) is 0.632. The van der Waals surface area contributed by atoms with Gasteiger partial charge >= 0.3 is 0 Å².